The third-order valence-electron chi connectivity index (χ3n) is 6.03. The van der Waals surface area contributed by atoms with Gasteiger partial charge in [-0.2, -0.15) is 0 Å². The van der Waals surface area contributed by atoms with Gasteiger partial charge in [0.15, 0.2) is 0 Å². The first-order chi connectivity index (χ1) is 14.1. The minimum atomic E-state index is -0.177. The van der Waals surface area contributed by atoms with Gasteiger partial charge in [-0.25, -0.2) is 4.98 Å². The van der Waals surface area contributed by atoms with E-state index in [1.54, 1.807) is 24.5 Å². The number of rotatable bonds is 7. The molecule has 2 aromatic heterocycles. The average Bonchev–Trinajstić information content (AvgIpc) is 3.60. The van der Waals surface area contributed by atoms with E-state index in [1.165, 1.54) is 6.42 Å². The number of carbonyl (C=O) groups excluding carboxylic acids is 2. The lowest BCUT2D eigenvalue weighted by Gasteiger charge is -2.38. The van der Waals surface area contributed by atoms with Crippen LogP contribution in [0.25, 0.3) is 0 Å². The van der Waals surface area contributed by atoms with Gasteiger partial charge < -0.3 is 10.6 Å². The SMILES string of the molecule is O=C(NC1(CCc2ccc(NC(=O)C3CC3)nc2)CCCCC1)c1cccnc1. The van der Waals surface area contributed by atoms with Gasteiger partial charge in [0, 0.05) is 30.0 Å². The fourth-order valence-corrected chi connectivity index (χ4v) is 4.08. The van der Waals surface area contributed by atoms with Gasteiger partial charge in [-0.1, -0.05) is 25.3 Å². The zero-order valence-corrected chi connectivity index (χ0v) is 16.7. The maximum atomic E-state index is 12.7. The van der Waals surface area contributed by atoms with Crippen molar-refractivity contribution >= 4 is 17.6 Å². The van der Waals surface area contributed by atoms with Crippen LogP contribution in [0.15, 0.2) is 42.9 Å². The van der Waals surface area contributed by atoms with Crippen molar-refractivity contribution in [2.24, 2.45) is 5.92 Å². The van der Waals surface area contributed by atoms with Crippen LogP contribution in [0, 0.1) is 5.92 Å². The molecule has 0 aromatic carbocycles. The Morgan fingerprint density at radius 3 is 2.55 bits per heavy atom. The predicted octanol–water partition coefficient (Wildman–Crippen LogP) is 3.89. The molecule has 29 heavy (non-hydrogen) atoms. The van der Waals surface area contributed by atoms with Gasteiger partial charge >= 0.3 is 0 Å². The molecule has 6 nitrogen and oxygen atoms in total. The Balaban J connectivity index is 1.37. The summed E-state index contributed by atoms with van der Waals surface area (Å²) in [6.07, 6.45) is 14.3. The number of anilines is 1. The monoisotopic (exact) mass is 392 g/mol. The number of amides is 2. The van der Waals surface area contributed by atoms with Gasteiger partial charge in [0.1, 0.15) is 5.82 Å². The van der Waals surface area contributed by atoms with Crippen LogP contribution in [0.4, 0.5) is 5.82 Å². The second-order valence-electron chi connectivity index (χ2n) is 8.35. The molecule has 4 rings (SSSR count). The fourth-order valence-electron chi connectivity index (χ4n) is 4.08. The Bertz CT molecular complexity index is 841. The number of aromatic nitrogens is 2. The number of nitrogens with zero attached hydrogens (tertiary/aromatic N) is 2. The molecule has 0 spiro atoms. The molecule has 2 fully saturated rings. The molecular formula is C23H28N4O2. The fraction of sp³-hybridized carbons (Fsp3) is 0.478. The topological polar surface area (TPSA) is 84.0 Å². The van der Waals surface area contributed by atoms with Crippen LogP contribution in [0.5, 0.6) is 0 Å². The third-order valence-corrected chi connectivity index (χ3v) is 6.03. The lowest BCUT2D eigenvalue weighted by Crippen LogP contribution is -2.50. The summed E-state index contributed by atoms with van der Waals surface area (Å²) in [5.74, 6) is 0.815. The van der Waals surface area contributed by atoms with Crippen molar-refractivity contribution in [1.82, 2.24) is 15.3 Å². The molecule has 0 saturated heterocycles. The molecule has 152 valence electrons. The number of pyridine rings is 2. The largest absolute Gasteiger partial charge is 0.347 e. The quantitative estimate of drug-likeness (QED) is 0.749. The first-order valence-corrected chi connectivity index (χ1v) is 10.6. The molecule has 0 radical (unpaired) electrons. The van der Waals surface area contributed by atoms with Crippen molar-refractivity contribution in [1.29, 1.82) is 0 Å². The minimum Gasteiger partial charge on any atom is -0.347 e. The van der Waals surface area contributed by atoms with E-state index in [4.69, 9.17) is 0 Å². The average molecular weight is 393 g/mol. The molecular weight excluding hydrogens is 364 g/mol. The van der Waals surface area contributed by atoms with Crippen LogP contribution in [-0.4, -0.2) is 27.3 Å². The highest BCUT2D eigenvalue weighted by atomic mass is 16.2. The van der Waals surface area contributed by atoms with Crippen LogP contribution in [0.1, 0.15) is 67.3 Å². The second kappa shape index (κ2) is 8.72. The van der Waals surface area contributed by atoms with E-state index < -0.39 is 0 Å². The van der Waals surface area contributed by atoms with E-state index in [1.807, 2.05) is 18.3 Å². The highest BCUT2D eigenvalue weighted by molar-refractivity contribution is 5.94. The van der Waals surface area contributed by atoms with Gasteiger partial charge in [0.25, 0.3) is 5.91 Å². The molecule has 2 N–H and O–H groups in total. The highest BCUT2D eigenvalue weighted by Crippen LogP contribution is 2.33. The van der Waals surface area contributed by atoms with Crippen LogP contribution in [-0.2, 0) is 11.2 Å². The number of nitrogens with one attached hydrogen (secondary N) is 2. The lowest BCUT2D eigenvalue weighted by atomic mass is 9.77. The second-order valence-corrected chi connectivity index (χ2v) is 8.35. The van der Waals surface area contributed by atoms with E-state index in [-0.39, 0.29) is 23.3 Å². The van der Waals surface area contributed by atoms with Crippen LogP contribution < -0.4 is 10.6 Å². The summed E-state index contributed by atoms with van der Waals surface area (Å²) in [4.78, 5) is 33.0. The van der Waals surface area contributed by atoms with Crippen molar-refractivity contribution in [3.8, 4) is 0 Å². The molecule has 0 aliphatic heterocycles. The molecule has 6 heteroatoms. The number of carbonyl (C=O) groups is 2. The molecule has 2 aliphatic rings. The Hall–Kier alpha value is -2.76. The zero-order valence-electron chi connectivity index (χ0n) is 16.7. The van der Waals surface area contributed by atoms with E-state index in [2.05, 4.69) is 20.6 Å². The molecule has 0 atom stereocenters. The standard InChI is InChI=1S/C23H28N4O2/c28-21(18-7-8-18)26-20-9-6-17(15-25-20)10-13-23(11-2-1-3-12-23)27-22(29)19-5-4-14-24-16-19/h4-6,9,14-16,18H,1-3,7-8,10-13H2,(H,27,29)(H,25,26,28). The summed E-state index contributed by atoms with van der Waals surface area (Å²) in [6, 6.07) is 7.49. The zero-order chi connectivity index (χ0) is 20.1. The van der Waals surface area contributed by atoms with Gasteiger partial charge in [0.05, 0.1) is 5.56 Å². The molecule has 0 bridgehead atoms. The van der Waals surface area contributed by atoms with Gasteiger partial charge in [-0.05, 0) is 62.3 Å². The summed E-state index contributed by atoms with van der Waals surface area (Å²) in [5.41, 5.74) is 1.55. The van der Waals surface area contributed by atoms with Crippen molar-refractivity contribution in [3.05, 3.63) is 54.0 Å². The smallest absolute Gasteiger partial charge is 0.253 e. The van der Waals surface area contributed by atoms with Gasteiger partial charge in [-0.15, -0.1) is 0 Å². The van der Waals surface area contributed by atoms with Crippen LogP contribution in [0.2, 0.25) is 0 Å². The molecule has 2 saturated carbocycles. The predicted molar refractivity (Wildman–Crippen MR) is 111 cm³/mol. The Labute approximate surface area is 171 Å². The first-order valence-electron chi connectivity index (χ1n) is 10.6. The van der Waals surface area contributed by atoms with Crippen LogP contribution >= 0.6 is 0 Å². The van der Waals surface area contributed by atoms with E-state index in [9.17, 15) is 9.59 Å². The van der Waals surface area contributed by atoms with Crippen molar-refractivity contribution in [2.45, 2.75) is 63.3 Å². The van der Waals surface area contributed by atoms with Gasteiger partial charge in [0.2, 0.25) is 5.91 Å². The first kappa shape index (κ1) is 19.6. The highest BCUT2D eigenvalue weighted by Gasteiger charge is 2.33. The lowest BCUT2D eigenvalue weighted by molar-refractivity contribution is -0.117. The van der Waals surface area contributed by atoms with E-state index in [0.717, 1.165) is 56.9 Å². The summed E-state index contributed by atoms with van der Waals surface area (Å²) in [6.45, 7) is 0. The Kier molecular flexibility index (Phi) is 5.88. The summed E-state index contributed by atoms with van der Waals surface area (Å²) >= 11 is 0. The summed E-state index contributed by atoms with van der Waals surface area (Å²) in [5, 5.41) is 6.19. The van der Waals surface area contributed by atoms with E-state index in [0.29, 0.717) is 11.4 Å². The van der Waals surface area contributed by atoms with E-state index >= 15 is 0 Å². The number of hydrogen-bond acceptors (Lipinski definition) is 4. The summed E-state index contributed by atoms with van der Waals surface area (Å²) < 4.78 is 0. The molecule has 2 aliphatic carbocycles. The van der Waals surface area contributed by atoms with Crippen molar-refractivity contribution in [2.75, 3.05) is 5.32 Å². The number of hydrogen-bond donors (Lipinski definition) is 2. The number of aryl methyl sites for hydroxylation is 1. The Morgan fingerprint density at radius 2 is 1.90 bits per heavy atom. The molecule has 2 heterocycles. The molecule has 2 aromatic rings. The summed E-state index contributed by atoms with van der Waals surface area (Å²) in [7, 11) is 0. The van der Waals surface area contributed by atoms with Crippen LogP contribution in [0.3, 0.4) is 0 Å². The normalized spacial score (nSPS) is 18.1. The molecule has 2 amide bonds. The minimum absolute atomic E-state index is 0.0451. The Morgan fingerprint density at radius 1 is 1.07 bits per heavy atom. The maximum Gasteiger partial charge on any atom is 0.253 e. The third kappa shape index (κ3) is 5.19. The maximum absolute atomic E-state index is 12.7. The molecule has 0 unspecified atom stereocenters. The van der Waals surface area contributed by atoms with Crippen molar-refractivity contribution in [3.63, 3.8) is 0 Å². The van der Waals surface area contributed by atoms with Crippen molar-refractivity contribution < 1.29 is 9.59 Å². The van der Waals surface area contributed by atoms with Gasteiger partial charge in [-0.3, -0.25) is 14.6 Å².